The third-order valence-electron chi connectivity index (χ3n) is 3.08. The second-order valence-electron chi connectivity index (χ2n) is 5.50. The lowest BCUT2D eigenvalue weighted by atomic mass is 10.1. The Morgan fingerprint density at radius 1 is 1.17 bits per heavy atom. The number of guanidine groups is 1. The smallest absolute Gasteiger partial charge is 0.191 e. The van der Waals surface area contributed by atoms with Crippen molar-refractivity contribution in [3.63, 3.8) is 0 Å². The van der Waals surface area contributed by atoms with Crippen molar-refractivity contribution >= 4 is 29.9 Å². The highest BCUT2D eigenvalue weighted by atomic mass is 127. The van der Waals surface area contributed by atoms with Gasteiger partial charge in [-0.2, -0.15) is 0 Å². The van der Waals surface area contributed by atoms with E-state index in [1.54, 1.807) is 0 Å². The molecule has 0 atom stereocenters. The number of halogens is 1. The van der Waals surface area contributed by atoms with Crippen LogP contribution in [-0.2, 0) is 22.6 Å². The number of nitrogens with zero attached hydrogens (tertiary/aromatic N) is 1. The predicted octanol–water partition coefficient (Wildman–Crippen LogP) is 3.32. The van der Waals surface area contributed by atoms with E-state index in [4.69, 9.17) is 9.47 Å². The van der Waals surface area contributed by atoms with Crippen molar-refractivity contribution in [2.75, 3.05) is 26.3 Å². The molecule has 0 bridgehead atoms. The summed E-state index contributed by atoms with van der Waals surface area (Å²) in [6, 6.07) is 8.38. The number of aliphatic imine (C=N–C) groups is 1. The zero-order valence-corrected chi connectivity index (χ0v) is 17.6. The highest BCUT2D eigenvalue weighted by molar-refractivity contribution is 14.0. The van der Waals surface area contributed by atoms with Gasteiger partial charge in [-0.05, 0) is 38.8 Å². The number of hydrogen-bond donors (Lipinski definition) is 2. The highest BCUT2D eigenvalue weighted by Gasteiger charge is 2.00. The summed E-state index contributed by atoms with van der Waals surface area (Å²) in [4.78, 5) is 4.62. The fraction of sp³-hybridized carbons (Fsp3) is 0.611. The van der Waals surface area contributed by atoms with Gasteiger partial charge in [0.05, 0.1) is 25.9 Å². The van der Waals surface area contributed by atoms with Crippen LogP contribution >= 0.6 is 24.0 Å². The van der Waals surface area contributed by atoms with Crippen LogP contribution in [0.15, 0.2) is 29.3 Å². The Labute approximate surface area is 163 Å². The first kappa shape index (κ1) is 23.1. The normalized spacial score (nSPS) is 11.3. The van der Waals surface area contributed by atoms with E-state index in [9.17, 15) is 0 Å². The minimum Gasteiger partial charge on any atom is -0.380 e. The van der Waals surface area contributed by atoms with Crippen LogP contribution in [-0.4, -0.2) is 38.4 Å². The molecule has 1 aromatic rings. The molecule has 1 aromatic carbocycles. The van der Waals surface area contributed by atoms with Gasteiger partial charge in [0.25, 0.3) is 0 Å². The standard InChI is InChI=1S/C18H31N3O2.HI/c1-5-19-18(20-10-11-22-6-2)21-13-16-8-7-9-17(12-16)14-23-15(3)4;/h7-9,12,15H,5-6,10-11,13-14H2,1-4H3,(H2,19,20,21);1H. The van der Waals surface area contributed by atoms with Crippen molar-refractivity contribution in [1.29, 1.82) is 0 Å². The van der Waals surface area contributed by atoms with Crippen molar-refractivity contribution in [3.05, 3.63) is 35.4 Å². The summed E-state index contributed by atoms with van der Waals surface area (Å²) in [5.74, 6) is 0.816. The molecule has 0 amide bonds. The third kappa shape index (κ3) is 10.8. The van der Waals surface area contributed by atoms with E-state index in [2.05, 4.69) is 46.8 Å². The van der Waals surface area contributed by atoms with Crippen molar-refractivity contribution < 1.29 is 9.47 Å². The molecule has 5 nitrogen and oxygen atoms in total. The SMILES string of the molecule is CCNC(=NCc1cccc(COC(C)C)c1)NCCOCC.I. The number of rotatable bonds is 10. The molecule has 2 N–H and O–H groups in total. The molecular formula is C18H32IN3O2. The maximum Gasteiger partial charge on any atom is 0.191 e. The van der Waals surface area contributed by atoms with Gasteiger partial charge in [0, 0.05) is 19.7 Å². The van der Waals surface area contributed by atoms with E-state index in [0.717, 1.165) is 25.7 Å². The third-order valence-corrected chi connectivity index (χ3v) is 3.08. The molecule has 0 fully saturated rings. The van der Waals surface area contributed by atoms with Crippen LogP contribution in [0.3, 0.4) is 0 Å². The van der Waals surface area contributed by atoms with E-state index in [-0.39, 0.29) is 30.1 Å². The molecule has 0 spiro atoms. The molecule has 24 heavy (non-hydrogen) atoms. The van der Waals surface area contributed by atoms with Crippen LogP contribution in [0, 0.1) is 0 Å². The summed E-state index contributed by atoms with van der Waals surface area (Å²) in [5.41, 5.74) is 2.36. The Morgan fingerprint density at radius 2 is 1.92 bits per heavy atom. The largest absolute Gasteiger partial charge is 0.380 e. The summed E-state index contributed by atoms with van der Waals surface area (Å²) in [6.45, 7) is 12.4. The molecule has 0 aliphatic rings. The fourth-order valence-electron chi connectivity index (χ4n) is 1.98. The van der Waals surface area contributed by atoms with Crippen LogP contribution in [0.2, 0.25) is 0 Å². The quantitative estimate of drug-likeness (QED) is 0.249. The molecule has 6 heteroatoms. The monoisotopic (exact) mass is 449 g/mol. The highest BCUT2D eigenvalue weighted by Crippen LogP contribution is 2.09. The topological polar surface area (TPSA) is 54.9 Å². The van der Waals surface area contributed by atoms with E-state index in [1.807, 2.05) is 20.8 Å². The fourth-order valence-corrected chi connectivity index (χ4v) is 1.98. The molecule has 1 rings (SSSR count). The van der Waals surface area contributed by atoms with E-state index in [1.165, 1.54) is 11.1 Å². The van der Waals surface area contributed by atoms with Gasteiger partial charge in [-0.3, -0.25) is 0 Å². The lowest BCUT2D eigenvalue weighted by Crippen LogP contribution is -2.39. The van der Waals surface area contributed by atoms with Gasteiger partial charge in [0.2, 0.25) is 0 Å². The molecule has 0 aliphatic carbocycles. The van der Waals surface area contributed by atoms with Gasteiger partial charge in [-0.15, -0.1) is 24.0 Å². The van der Waals surface area contributed by atoms with Gasteiger partial charge in [-0.25, -0.2) is 4.99 Å². The summed E-state index contributed by atoms with van der Waals surface area (Å²) in [7, 11) is 0. The number of benzene rings is 1. The van der Waals surface area contributed by atoms with Crippen LogP contribution in [0.1, 0.15) is 38.8 Å². The molecular weight excluding hydrogens is 417 g/mol. The number of ether oxygens (including phenoxy) is 2. The zero-order valence-electron chi connectivity index (χ0n) is 15.3. The summed E-state index contributed by atoms with van der Waals surface area (Å²) >= 11 is 0. The summed E-state index contributed by atoms with van der Waals surface area (Å²) < 4.78 is 11.0. The van der Waals surface area contributed by atoms with E-state index >= 15 is 0 Å². The van der Waals surface area contributed by atoms with Crippen molar-refractivity contribution in [2.45, 2.75) is 47.0 Å². The second-order valence-corrected chi connectivity index (χ2v) is 5.50. The average Bonchev–Trinajstić information content (AvgIpc) is 2.55. The van der Waals surface area contributed by atoms with Gasteiger partial charge in [0.15, 0.2) is 5.96 Å². The molecule has 138 valence electrons. The van der Waals surface area contributed by atoms with Crippen molar-refractivity contribution in [2.24, 2.45) is 4.99 Å². The van der Waals surface area contributed by atoms with Crippen LogP contribution in [0.5, 0.6) is 0 Å². The lowest BCUT2D eigenvalue weighted by molar-refractivity contribution is 0.0657. The molecule has 0 saturated heterocycles. The Balaban J connectivity index is 0.00000529. The molecule has 0 heterocycles. The average molecular weight is 449 g/mol. The van der Waals surface area contributed by atoms with E-state index < -0.39 is 0 Å². The Bertz CT molecular complexity index is 467. The van der Waals surface area contributed by atoms with Gasteiger partial charge in [0.1, 0.15) is 0 Å². The van der Waals surface area contributed by atoms with Gasteiger partial charge >= 0.3 is 0 Å². The van der Waals surface area contributed by atoms with Crippen LogP contribution < -0.4 is 10.6 Å². The Morgan fingerprint density at radius 3 is 2.58 bits per heavy atom. The Hall–Kier alpha value is -0.860. The number of hydrogen-bond acceptors (Lipinski definition) is 3. The Kier molecular flexibility index (Phi) is 14.0. The van der Waals surface area contributed by atoms with Crippen LogP contribution in [0.4, 0.5) is 0 Å². The van der Waals surface area contributed by atoms with Gasteiger partial charge in [-0.1, -0.05) is 24.3 Å². The molecule has 0 aliphatic heterocycles. The summed E-state index contributed by atoms with van der Waals surface area (Å²) in [5, 5.41) is 6.51. The van der Waals surface area contributed by atoms with E-state index in [0.29, 0.717) is 19.8 Å². The van der Waals surface area contributed by atoms with Crippen molar-refractivity contribution in [3.8, 4) is 0 Å². The van der Waals surface area contributed by atoms with Gasteiger partial charge < -0.3 is 20.1 Å². The maximum absolute atomic E-state index is 5.65. The molecule has 0 radical (unpaired) electrons. The molecule has 0 unspecified atom stereocenters. The minimum atomic E-state index is 0. The lowest BCUT2D eigenvalue weighted by Gasteiger charge is -2.12. The van der Waals surface area contributed by atoms with Crippen molar-refractivity contribution in [1.82, 2.24) is 10.6 Å². The first-order valence-corrected chi connectivity index (χ1v) is 8.45. The minimum absolute atomic E-state index is 0. The maximum atomic E-state index is 5.65. The van der Waals surface area contributed by atoms with Crippen LogP contribution in [0.25, 0.3) is 0 Å². The zero-order chi connectivity index (χ0) is 16.9. The first-order valence-electron chi connectivity index (χ1n) is 8.45. The predicted molar refractivity (Wildman–Crippen MR) is 111 cm³/mol. The first-order chi connectivity index (χ1) is 11.2. The molecule has 0 aromatic heterocycles. The molecule has 0 saturated carbocycles. The second kappa shape index (κ2) is 14.5. The summed E-state index contributed by atoms with van der Waals surface area (Å²) in [6.07, 6.45) is 0.242. The number of nitrogens with one attached hydrogen (secondary N) is 2.